The number of rotatable bonds is 10. The Hall–Kier alpha value is -3.62. The van der Waals surface area contributed by atoms with Gasteiger partial charge in [0.15, 0.2) is 0 Å². The number of para-hydroxylation sites is 1. The van der Waals surface area contributed by atoms with Gasteiger partial charge in [0.25, 0.3) is 11.8 Å². The molecule has 1 aliphatic heterocycles. The summed E-state index contributed by atoms with van der Waals surface area (Å²) in [5, 5.41) is 6.84. The number of carbonyl (C=O) groups excluding carboxylic acids is 2. The van der Waals surface area contributed by atoms with Gasteiger partial charge in [-0.25, -0.2) is 0 Å². The Morgan fingerprint density at radius 1 is 1.08 bits per heavy atom. The first kappa shape index (κ1) is 25.5. The van der Waals surface area contributed by atoms with Gasteiger partial charge >= 0.3 is 0 Å². The average Bonchev–Trinajstić information content (AvgIpc) is 3.28. The third kappa shape index (κ3) is 6.33. The molecular formula is C28H34N4O4. The normalized spacial score (nSPS) is 14.6. The largest absolute Gasteiger partial charge is 0.497 e. The predicted molar refractivity (Wildman–Crippen MR) is 141 cm³/mol. The van der Waals surface area contributed by atoms with E-state index in [9.17, 15) is 9.59 Å². The molecule has 0 spiro atoms. The standard InChI is InChI=1S/C28H34N4O4/c1-3-32-20-22(24-7-4-5-8-26(24)32)19-25(30-27(33)21-9-11-23(35-2)12-10-21)28(34)29-13-6-14-31-15-17-36-18-16-31/h4-5,7-12,19-20H,3,6,13-18H2,1-2H3,(H,29,34)(H,30,33)/b25-19-. The second kappa shape index (κ2) is 12.4. The lowest BCUT2D eigenvalue weighted by Crippen LogP contribution is -2.39. The number of amides is 2. The van der Waals surface area contributed by atoms with Crippen LogP contribution in [0.15, 0.2) is 60.4 Å². The number of aryl methyl sites for hydroxylation is 1. The van der Waals surface area contributed by atoms with E-state index >= 15 is 0 Å². The zero-order chi connectivity index (χ0) is 25.3. The molecule has 8 nitrogen and oxygen atoms in total. The van der Waals surface area contributed by atoms with Crippen molar-refractivity contribution >= 4 is 28.8 Å². The number of ether oxygens (including phenoxy) is 2. The molecule has 1 saturated heterocycles. The van der Waals surface area contributed by atoms with E-state index in [0.717, 1.165) is 62.3 Å². The third-order valence-electron chi connectivity index (χ3n) is 6.35. The van der Waals surface area contributed by atoms with Gasteiger partial charge < -0.3 is 24.7 Å². The van der Waals surface area contributed by atoms with Crippen LogP contribution in [0.4, 0.5) is 0 Å². The van der Waals surface area contributed by atoms with Gasteiger partial charge in [0.2, 0.25) is 0 Å². The van der Waals surface area contributed by atoms with Crippen LogP contribution in [0.25, 0.3) is 17.0 Å². The highest BCUT2D eigenvalue weighted by atomic mass is 16.5. The fraction of sp³-hybridized carbons (Fsp3) is 0.357. The molecule has 1 fully saturated rings. The fourth-order valence-corrected chi connectivity index (χ4v) is 4.33. The lowest BCUT2D eigenvalue weighted by Gasteiger charge is -2.26. The van der Waals surface area contributed by atoms with Crippen molar-refractivity contribution in [2.45, 2.75) is 19.9 Å². The Morgan fingerprint density at radius 2 is 1.83 bits per heavy atom. The summed E-state index contributed by atoms with van der Waals surface area (Å²) >= 11 is 0. The maximum Gasteiger partial charge on any atom is 0.267 e. The second-order valence-corrected chi connectivity index (χ2v) is 8.69. The average molecular weight is 491 g/mol. The smallest absolute Gasteiger partial charge is 0.267 e. The maximum absolute atomic E-state index is 13.2. The van der Waals surface area contributed by atoms with E-state index in [4.69, 9.17) is 9.47 Å². The van der Waals surface area contributed by atoms with Gasteiger partial charge in [0.1, 0.15) is 11.4 Å². The molecule has 0 atom stereocenters. The van der Waals surface area contributed by atoms with Crippen molar-refractivity contribution in [3.05, 3.63) is 71.6 Å². The molecular weight excluding hydrogens is 456 g/mol. The summed E-state index contributed by atoms with van der Waals surface area (Å²) in [7, 11) is 1.58. The minimum absolute atomic E-state index is 0.209. The molecule has 1 aliphatic rings. The number of hydrogen-bond donors (Lipinski definition) is 2. The molecule has 2 aromatic carbocycles. The number of methoxy groups -OCH3 is 1. The molecule has 0 bridgehead atoms. The Kier molecular flexibility index (Phi) is 8.76. The molecule has 36 heavy (non-hydrogen) atoms. The van der Waals surface area contributed by atoms with Crippen molar-refractivity contribution in [1.82, 2.24) is 20.1 Å². The van der Waals surface area contributed by atoms with Gasteiger partial charge in [-0.15, -0.1) is 0 Å². The number of nitrogens with one attached hydrogen (secondary N) is 2. The molecule has 0 unspecified atom stereocenters. The Morgan fingerprint density at radius 3 is 2.56 bits per heavy atom. The lowest BCUT2D eigenvalue weighted by atomic mass is 10.1. The molecule has 2 amide bonds. The molecule has 0 radical (unpaired) electrons. The minimum atomic E-state index is -0.355. The zero-order valence-corrected chi connectivity index (χ0v) is 21.0. The summed E-state index contributed by atoms with van der Waals surface area (Å²) in [6.07, 6.45) is 4.59. The topological polar surface area (TPSA) is 84.8 Å². The van der Waals surface area contributed by atoms with Crippen LogP contribution in [0.2, 0.25) is 0 Å². The lowest BCUT2D eigenvalue weighted by molar-refractivity contribution is -0.117. The SMILES string of the molecule is CCn1cc(/C=C(\NC(=O)c2ccc(OC)cc2)C(=O)NCCCN2CCOCC2)c2ccccc21. The van der Waals surface area contributed by atoms with Crippen molar-refractivity contribution in [2.75, 3.05) is 46.5 Å². The molecule has 3 aromatic rings. The quantitative estimate of drug-likeness (QED) is 0.337. The minimum Gasteiger partial charge on any atom is -0.497 e. The summed E-state index contributed by atoms with van der Waals surface area (Å²) in [5.41, 5.74) is 2.61. The van der Waals surface area contributed by atoms with Crippen LogP contribution in [0, 0.1) is 0 Å². The maximum atomic E-state index is 13.2. The first-order chi connectivity index (χ1) is 17.6. The number of fused-ring (bicyclic) bond motifs is 1. The fourth-order valence-electron chi connectivity index (χ4n) is 4.33. The van der Waals surface area contributed by atoms with Crippen LogP contribution in [0.1, 0.15) is 29.3 Å². The van der Waals surface area contributed by atoms with Crippen molar-refractivity contribution in [3.8, 4) is 5.75 Å². The molecule has 0 aliphatic carbocycles. The van der Waals surface area contributed by atoms with Crippen LogP contribution >= 0.6 is 0 Å². The number of hydrogen-bond acceptors (Lipinski definition) is 5. The molecule has 1 aromatic heterocycles. The van der Waals surface area contributed by atoms with Crippen LogP contribution in [-0.2, 0) is 16.1 Å². The van der Waals surface area contributed by atoms with E-state index in [1.54, 1.807) is 37.5 Å². The first-order valence-electron chi connectivity index (χ1n) is 12.4. The molecule has 2 N–H and O–H groups in total. The van der Waals surface area contributed by atoms with E-state index < -0.39 is 0 Å². The Bertz CT molecular complexity index is 1210. The summed E-state index contributed by atoms with van der Waals surface area (Å²) in [6.45, 7) is 7.62. The van der Waals surface area contributed by atoms with Gasteiger partial charge in [-0.1, -0.05) is 18.2 Å². The highest BCUT2D eigenvalue weighted by Gasteiger charge is 2.17. The molecule has 190 valence electrons. The molecule has 4 rings (SSSR count). The van der Waals surface area contributed by atoms with Crippen LogP contribution in [0.3, 0.4) is 0 Å². The highest BCUT2D eigenvalue weighted by molar-refractivity contribution is 6.06. The summed E-state index contributed by atoms with van der Waals surface area (Å²) in [6, 6.07) is 14.8. The van der Waals surface area contributed by atoms with E-state index in [0.29, 0.717) is 17.9 Å². The van der Waals surface area contributed by atoms with Crippen LogP contribution in [-0.4, -0.2) is 67.8 Å². The van der Waals surface area contributed by atoms with Gasteiger partial charge in [0.05, 0.1) is 20.3 Å². The third-order valence-corrected chi connectivity index (χ3v) is 6.35. The van der Waals surface area contributed by atoms with E-state index in [1.165, 1.54) is 0 Å². The van der Waals surface area contributed by atoms with E-state index in [2.05, 4.69) is 33.1 Å². The van der Waals surface area contributed by atoms with E-state index in [-0.39, 0.29) is 17.5 Å². The zero-order valence-electron chi connectivity index (χ0n) is 21.0. The number of aromatic nitrogens is 1. The number of nitrogens with zero attached hydrogens (tertiary/aromatic N) is 2. The molecule has 2 heterocycles. The van der Waals surface area contributed by atoms with Gasteiger partial charge in [-0.3, -0.25) is 14.5 Å². The van der Waals surface area contributed by atoms with Gasteiger partial charge in [-0.2, -0.15) is 0 Å². The van der Waals surface area contributed by atoms with Crippen LogP contribution < -0.4 is 15.4 Å². The predicted octanol–water partition coefficient (Wildman–Crippen LogP) is 3.28. The van der Waals surface area contributed by atoms with Crippen molar-refractivity contribution in [3.63, 3.8) is 0 Å². The summed E-state index contributed by atoms with van der Waals surface area (Å²) in [4.78, 5) is 28.6. The van der Waals surface area contributed by atoms with Crippen molar-refractivity contribution in [1.29, 1.82) is 0 Å². The van der Waals surface area contributed by atoms with Gasteiger partial charge in [-0.05, 0) is 56.3 Å². The van der Waals surface area contributed by atoms with Crippen molar-refractivity contribution < 1.29 is 19.1 Å². The van der Waals surface area contributed by atoms with Crippen LogP contribution in [0.5, 0.6) is 5.75 Å². The second-order valence-electron chi connectivity index (χ2n) is 8.69. The Balaban J connectivity index is 1.52. The van der Waals surface area contributed by atoms with Crippen molar-refractivity contribution in [2.24, 2.45) is 0 Å². The summed E-state index contributed by atoms with van der Waals surface area (Å²) < 4.78 is 12.7. The monoisotopic (exact) mass is 490 g/mol. The number of benzene rings is 2. The summed E-state index contributed by atoms with van der Waals surface area (Å²) in [5.74, 6) is -0.00790. The first-order valence-corrected chi connectivity index (χ1v) is 12.4. The number of morpholine rings is 1. The highest BCUT2D eigenvalue weighted by Crippen LogP contribution is 2.23. The molecule has 8 heteroatoms. The Labute approximate surface area is 211 Å². The number of carbonyl (C=O) groups is 2. The van der Waals surface area contributed by atoms with Gasteiger partial charge in [0, 0.05) is 54.4 Å². The van der Waals surface area contributed by atoms with E-state index in [1.807, 2.05) is 24.4 Å². The molecule has 0 saturated carbocycles.